The average Bonchev–Trinajstić information content (AvgIpc) is 3.16. The number of esters is 1. The number of carbonyl (C=O) groups is 2. The minimum Gasteiger partial charge on any atom is -0.458 e. The maximum absolute atomic E-state index is 13.6. The summed E-state index contributed by atoms with van der Waals surface area (Å²) in [6, 6.07) is 17.2. The first kappa shape index (κ1) is 28.5. The maximum Gasteiger partial charge on any atom is 0.332 e. The van der Waals surface area contributed by atoms with E-state index in [1.54, 1.807) is 4.90 Å². The van der Waals surface area contributed by atoms with Crippen LogP contribution in [0.3, 0.4) is 0 Å². The van der Waals surface area contributed by atoms with Crippen LogP contribution in [-0.4, -0.2) is 77.4 Å². The lowest BCUT2D eigenvalue weighted by Gasteiger charge is -2.37. The Hall–Kier alpha value is -3.50. The van der Waals surface area contributed by atoms with Crippen LogP contribution in [-0.2, 0) is 14.3 Å². The van der Waals surface area contributed by atoms with Crippen molar-refractivity contribution in [2.45, 2.75) is 77.9 Å². The number of piperazine rings is 1. The van der Waals surface area contributed by atoms with Crippen molar-refractivity contribution in [2.75, 3.05) is 31.1 Å². The summed E-state index contributed by atoms with van der Waals surface area (Å²) in [6.07, 6.45) is -0.522. The Morgan fingerprint density at radius 2 is 1.49 bits per heavy atom. The molecule has 2 saturated heterocycles. The third kappa shape index (κ3) is 7.33. The van der Waals surface area contributed by atoms with Crippen LogP contribution in [0.15, 0.2) is 54.6 Å². The second kappa shape index (κ2) is 11.3. The topological polar surface area (TPSA) is 62.3 Å². The van der Waals surface area contributed by atoms with Gasteiger partial charge >= 0.3 is 12.0 Å². The minimum atomic E-state index is -0.822. The number of ether oxygens (including phenoxy) is 2. The number of anilines is 1. The predicted octanol–water partition coefficient (Wildman–Crippen LogP) is 4.93. The Balaban J connectivity index is 1.47. The van der Waals surface area contributed by atoms with Crippen LogP contribution >= 0.6 is 0 Å². The molecule has 2 aliphatic heterocycles. The standard InChI is InChI=1S/C32H41N3O4/c1-23(38-31(2,3)4)28(29(36)39-32(5,6)7)35-22-27-21-33(19-20-34(27)30(35)37)26-17-15-25(16-18-26)14-13-24-11-9-8-10-12-24/h8-12,15-18,23,27-28H,19-22H2,1-7H3/t23-,27?,28+/m1/s1. The SMILES string of the molecule is C[C@@H](OC(C)(C)C)[C@@H](C(=O)OC(C)(C)C)N1CC2CN(c3ccc(C#Cc4ccccc4)cc3)CCN2C1=O. The first-order chi connectivity index (χ1) is 18.3. The number of carbonyl (C=O) groups excluding carboxylic acids is 2. The summed E-state index contributed by atoms with van der Waals surface area (Å²) in [6.45, 7) is 15.6. The van der Waals surface area contributed by atoms with Crippen molar-refractivity contribution in [2.24, 2.45) is 0 Å². The van der Waals surface area contributed by atoms with E-state index >= 15 is 0 Å². The molecule has 0 spiro atoms. The highest BCUT2D eigenvalue weighted by molar-refractivity contribution is 5.86. The van der Waals surface area contributed by atoms with Crippen LogP contribution in [0.2, 0.25) is 0 Å². The molecule has 3 atom stereocenters. The minimum absolute atomic E-state index is 0.0319. The molecule has 0 aliphatic carbocycles. The Bertz CT molecular complexity index is 1220. The van der Waals surface area contributed by atoms with E-state index in [0.29, 0.717) is 19.6 Å². The van der Waals surface area contributed by atoms with Crippen molar-refractivity contribution in [3.8, 4) is 11.8 Å². The average molecular weight is 532 g/mol. The molecule has 0 saturated carbocycles. The summed E-state index contributed by atoms with van der Waals surface area (Å²) < 4.78 is 11.9. The van der Waals surface area contributed by atoms with E-state index in [-0.39, 0.29) is 12.1 Å². The number of urea groups is 1. The van der Waals surface area contributed by atoms with Gasteiger partial charge in [-0.15, -0.1) is 0 Å². The second-order valence-corrected chi connectivity index (χ2v) is 12.3. The first-order valence-corrected chi connectivity index (χ1v) is 13.7. The molecule has 4 rings (SSSR count). The number of amides is 2. The molecule has 7 nitrogen and oxygen atoms in total. The van der Waals surface area contributed by atoms with Gasteiger partial charge < -0.3 is 24.2 Å². The Morgan fingerprint density at radius 1 is 0.872 bits per heavy atom. The fourth-order valence-corrected chi connectivity index (χ4v) is 5.18. The van der Waals surface area contributed by atoms with E-state index < -0.39 is 29.3 Å². The second-order valence-electron chi connectivity index (χ2n) is 12.3. The van der Waals surface area contributed by atoms with Crippen molar-refractivity contribution in [1.29, 1.82) is 0 Å². The molecule has 0 bridgehead atoms. The van der Waals surface area contributed by atoms with Gasteiger partial charge in [-0.2, -0.15) is 0 Å². The summed E-state index contributed by atoms with van der Waals surface area (Å²) >= 11 is 0. The molecule has 2 aliphatic rings. The number of hydrogen-bond donors (Lipinski definition) is 0. The van der Waals surface area contributed by atoms with E-state index in [1.165, 1.54) is 0 Å². The van der Waals surface area contributed by atoms with Gasteiger partial charge in [0.05, 0.1) is 17.7 Å². The van der Waals surface area contributed by atoms with Crippen molar-refractivity contribution in [3.63, 3.8) is 0 Å². The normalized spacial score (nSPS) is 19.2. The smallest absolute Gasteiger partial charge is 0.332 e. The van der Waals surface area contributed by atoms with Crippen molar-refractivity contribution in [3.05, 3.63) is 65.7 Å². The highest BCUT2D eigenvalue weighted by atomic mass is 16.6. The molecule has 2 amide bonds. The molecule has 39 heavy (non-hydrogen) atoms. The van der Waals surface area contributed by atoms with Gasteiger partial charge in [0.2, 0.25) is 0 Å². The zero-order valence-electron chi connectivity index (χ0n) is 24.2. The molecule has 7 heteroatoms. The zero-order valence-corrected chi connectivity index (χ0v) is 24.2. The Kier molecular flexibility index (Phi) is 8.27. The van der Waals surface area contributed by atoms with Gasteiger partial charge in [-0.25, -0.2) is 9.59 Å². The maximum atomic E-state index is 13.6. The molecular formula is C32H41N3O4. The van der Waals surface area contributed by atoms with E-state index in [4.69, 9.17) is 9.47 Å². The Labute approximate surface area is 233 Å². The van der Waals surface area contributed by atoms with E-state index in [2.05, 4.69) is 28.9 Å². The number of nitrogens with zero attached hydrogens (tertiary/aromatic N) is 3. The first-order valence-electron chi connectivity index (χ1n) is 13.7. The largest absolute Gasteiger partial charge is 0.458 e. The van der Waals surface area contributed by atoms with Gasteiger partial charge in [-0.05, 0) is 84.9 Å². The number of fused-ring (bicyclic) bond motifs is 1. The summed E-state index contributed by atoms with van der Waals surface area (Å²) in [4.78, 5) is 32.7. The molecule has 0 radical (unpaired) electrons. The molecule has 0 N–H and O–H groups in total. The molecule has 0 aromatic heterocycles. The molecule has 208 valence electrons. The quantitative estimate of drug-likeness (QED) is 0.405. The van der Waals surface area contributed by atoms with Crippen LogP contribution in [0.5, 0.6) is 0 Å². The third-order valence-corrected chi connectivity index (χ3v) is 6.71. The fraction of sp³-hybridized carbons (Fsp3) is 0.500. The van der Waals surface area contributed by atoms with Crippen molar-refractivity contribution in [1.82, 2.24) is 9.80 Å². The lowest BCUT2D eigenvalue weighted by Crippen LogP contribution is -2.54. The highest BCUT2D eigenvalue weighted by Gasteiger charge is 2.48. The molecular weight excluding hydrogens is 490 g/mol. The highest BCUT2D eigenvalue weighted by Crippen LogP contribution is 2.29. The van der Waals surface area contributed by atoms with Crippen molar-refractivity contribution >= 4 is 17.7 Å². The molecule has 2 heterocycles. The molecule has 1 unspecified atom stereocenters. The summed E-state index contributed by atoms with van der Waals surface area (Å²) in [7, 11) is 0. The third-order valence-electron chi connectivity index (χ3n) is 6.71. The van der Waals surface area contributed by atoms with Gasteiger partial charge in [0.15, 0.2) is 6.04 Å². The van der Waals surface area contributed by atoms with Gasteiger partial charge in [0, 0.05) is 43.0 Å². The monoisotopic (exact) mass is 531 g/mol. The summed E-state index contributed by atoms with van der Waals surface area (Å²) in [5.41, 5.74) is 1.90. The molecule has 2 aromatic rings. The zero-order chi connectivity index (χ0) is 28.4. The predicted molar refractivity (Wildman–Crippen MR) is 154 cm³/mol. The summed E-state index contributed by atoms with van der Waals surface area (Å²) in [5, 5.41) is 0. The van der Waals surface area contributed by atoms with Crippen LogP contribution in [0.1, 0.15) is 59.6 Å². The number of rotatable bonds is 5. The van der Waals surface area contributed by atoms with Crippen LogP contribution in [0, 0.1) is 11.8 Å². The van der Waals surface area contributed by atoms with E-state index in [0.717, 1.165) is 23.4 Å². The number of hydrogen-bond acceptors (Lipinski definition) is 5. The molecule has 2 fully saturated rings. The fourth-order valence-electron chi connectivity index (χ4n) is 5.18. The van der Waals surface area contributed by atoms with Gasteiger partial charge in [0.1, 0.15) is 5.60 Å². The number of benzene rings is 2. The van der Waals surface area contributed by atoms with Crippen molar-refractivity contribution < 1.29 is 19.1 Å². The summed E-state index contributed by atoms with van der Waals surface area (Å²) in [5.74, 6) is 5.98. The van der Waals surface area contributed by atoms with E-state index in [1.807, 2.05) is 95.8 Å². The van der Waals surface area contributed by atoms with Crippen LogP contribution in [0.4, 0.5) is 10.5 Å². The van der Waals surface area contributed by atoms with Crippen LogP contribution < -0.4 is 4.90 Å². The van der Waals surface area contributed by atoms with Gasteiger partial charge in [-0.1, -0.05) is 30.0 Å². The van der Waals surface area contributed by atoms with Crippen LogP contribution in [0.25, 0.3) is 0 Å². The van der Waals surface area contributed by atoms with Gasteiger partial charge in [-0.3, -0.25) is 0 Å². The Morgan fingerprint density at radius 3 is 2.08 bits per heavy atom. The lowest BCUT2D eigenvalue weighted by molar-refractivity contribution is -0.169. The lowest BCUT2D eigenvalue weighted by atomic mass is 10.1. The molecule has 2 aromatic carbocycles. The van der Waals surface area contributed by atoms with Gasteiger partial charge in [0.25, 0.3) is 0 Å². The van der Waals surface area contributed by atoms with E-state index in [9.17, 15) is 9.59 Å².